The van der Waals surface area contributed by atoms with E-state index in [0.29, 0.717) is 6.04 Å². The first kappa shape index (κ1) is 9.75. The molecule has 0 aromatic rings. The van der Waals surface area contributed by atoms with E-state index in [2.05, 4.69) is 30.2 Å². The van der Waals surface area contributed by atoms with E-state index in [0.717, 1.165) is 0 Å². The molecule has 1 atom stereocenters. The predicted molar refractivity (Wildman–Crippen MR) is 53.3 cm³/mol. The van der Waals surface area contributed by atoms with Crippen LogP contribution in [-0.2, 0) is 0 Å². The summed E-state index contributed by atoms with van der Waals surface area (Å²) < 4.78 is 0. The summed E-state index contributed by atoms with van der Waals surface area (Å²) in [7, 11) is 0. The van der Waals surface area contributed by atoms with Crippen molar-refractivity contribution >= 4 is 0 Å². The highest BCUT2D eigenvalue weighted by molar-refractivity contribution is 4.86. The van der Waals surface area contributed by atoms with E-state index in [4.69, 9.17) is 0 Å². The Morgan fingerprint density at radius 3 is 2.33 bits per heavy atom. The lowest BCUT2D eigenvalue weighted by Gasteiger charge is -2.36. The molecule has 0 aromatic carbocycles. The molecular weight excluding hydrogens is 148 g/mol. The number of rotatable bonds is 3. The maximum absolute atomic E-state index is 3.82. The van der Waals surface area contributed by atoms with Gasteiger partial charge in [0.1, 0.15) is 0 Å². The standard InChI is InChI=1S/C10H20N2/c1-4-10(3)12-8-6-11(5-2)7-9-12/h4,10H,1,5-9H2,2-3H3. The van der Waals surface area contributed by atoms with Crippen LogP contribution in [0.3, 0.4) is 0 Å². The lowest BCUT2D eigenvalue weighted by Crippen LogP contribution is -2.48. The van der Waals surface area contributed by atoms with Gasteiger partial charge in [-0.05, 0) is 13.5 Å². The molecule has 0 radical (unpaired) electrons. The normalized spacial score (nSPS) is 23.8. The topological polar surface area (TPSA) is 6.48 Å². The first-order chi connectivity index (χ1) is 5.77. The first-order valence-electron chi connectivity index (χ1n) is 4.87. The van der Waals surface area contributed by atoms with Crippen LogP contribution in [0.1, 0.15) is 13.8 Å². The molecule has 12 heavy (non-hydrogen) atoms. The number of nitrogens with zero attached hydrogens (tertiary/aromatic N) is 2. The highest BCUT2D eigenvalue weighted by atomic mass is 15.3. The van der Waals surface area contributed by atoms with Crippen LogP contribution in [-0.4, -0.2) is 48.6 Å². The lowest BCUT2D eigenvalue weighted by atomic mass is 10.2. The summed E-state index contributed by atoms with van der Waals surface area (Å²) in [6, 6.07) is 0.545. The van der Waals surface area contributed by atoms with Gasteiger partial charge in [0.2, 0.25) is 0 Å². The number of piperazine rings is 1. The molecule has 0 aliphatic carbocycles. The second kappa shape index (κ2) is 4.63. The maximum Gasteiger partial charge on any atom is 0.0248 e. The largest absolute Gasteiger partial charge is 0.301 e. The zero-order valence-electron chi connectivity index (χ0n) is 8.29. The Labute approximate surface area is 75.8 Å². The van der Waals surface area contributed by atoms with Gasteiger partial charge in [-0.15, -0.1) is 6.58 Å². The minimum absolute atomic E-state index is 0.545. The Bertz CT molecular complexity index is 137. The molecule has 0 aromatic heterocycles. The second-order valence-corrected chi connectivity index (χ2v) is 3.45. The Balaban J connectivity index is 2.30. The number of hydrogen-bond donors (Lipinski definition) is 0. The molecule has 1 aliphatic rings. The second-order valence-electron chi connectivity index (χ2n) is 3.45. The van der Waals surface area contributed by atoms with Gasteiger partial charge in [0.25, 0.3) is 0 Å². The van der Waals surface area contributed by atoms with Gasteiger partial charge in [-0.2, -0.15) is 0 Å². The average molecular weight is 168 g/mol. The highest BCUT2D eigenvalue weighted by Gasteiger charge is 2.17. The Kier molecular flexibility index (Phi) is 3.76. The predicted octanol–water partition coefficient (Wildman–Crippen LogP) is 1.20. The summed E-state index contributed by atoms with van der Waals surface area (Å²) in [6.45, 7) is 14.3. The van der Waals surface area contributed by atoms with E-state index in [-0.39, 0.29) is 0 Å². The van der Waals surface area contributed by atoms with E-state index < -0.39 is 0 Å². The fourth-order valence-corrected chi connectivity index (χ4v) is 1.64. The van der Waals surface area contributed by atoms with Crippen LogP contribution < -0.4 is 0 Å². The first-order valence-corrected chi connectivity index (χ1v) is 4.87. The van der Waals surface area contributed by atoms with Crippen molar-refractivity contribution in [3.63, 3.8) is 0 Å². The molecule has 0 saturated carbocycles. The van der Waals surface area contributed by atoms with E-state index in [1.807, 2.05) is 6.08 Å². The minimum atomic E-state index is 0.545. The molecule has 1 aliphatic heterocycles. The summed E-state index contributed by atoms with van der Waals surface area (Å²) in [5.74, 6) is 0. The molecule has 1 heterocycles. The molecule has 0 N–H and O–H groups in total. The Morgan fingerprint density at radius 1 is 1.33 bits per heavy atom. The summed E-state index contributed by atoms with van der Waals surface area (Å²) >= 11 is 0. The van der Waals surface area contributed by atoms with Crippen molar-refractivity contribution in [3.8, 4) is 0 Å². The summed E-state index contributed by atoms with van der Waals surface area (Å²) in [6.07, 6.45) is 2.03. The van der Waals surface area contributed by atoms with Crippen molar-refractivity contribution in [3.05, 3.63) is 12.7 Å². The molecule has 1 rings (SSSR count). The molecule has 1 saturated heterocycles. The summed E-state index contributed by atoms with van der Waals surface area (Å²) in [5, 5.41) is 0. The van der Waals surface area contributed by atoms with Gasteiger partial charge < -0.3 is 4.90 Å². The minimum Gasteiger partial charge on any atom is -0.301 e. The summed E-state index contributed by atoms with van der Waals surface area (Å²) in [5.41, 5.74) is 0. The van der Waals surface area contributed by atoms with Crippen molar-refractivity contribution in [1.29, 1.82) is 0 Å². The van der Waals surface area contributed by atoms with E-state index >= 15 is 0 Å². The summed E-state index contributed by atoms with van der Waals surface area (Å²) in [4.78, 5) is 4.98. The SMILES string of the molecule is C=CC(C)N1CCN(CC)CC1. The van der Waals surface area contributed by atoms with Gasteiger partial charge in [0, 0.05) is 32.2 Å². The van der Waals surface area contributed by atoms with E-state index in [9.17, 15) is 0 Å². The van der Waals surface area contributed by atoms with Crippen LogP contribution in [0.15, 0.2) is 12.7 Å². The Morgan fingerprint density at radius 2 is 1.92 bits per heavy atom. The van der Waals surface area contributed by atoms with Gasteiger partial charge in [-0.3, -0.25) is 4.90 Å². The van der Waals surface area contributed by atoms with Crippen molar-refractivity contribution in [2.24, 2.45) is 0 Å². The van der Waals surface area contributed by atoms with Gasteiger partial charge in [0.05, 0.1) is 0 Å². The molecule has 70 valence electrons. The molecule has 0 spiro atoms. The average Bonchev–Trinajstić information content (AvgIpc) is 2.17. The lowest BCUT2D eigenvalue weighted by molar-refractivity contribution is 0.121. The van der Waals surface area contributed by atoms with E-state index in [1.165, 1.54) is 32.7 Å². The van der Waals surface area contributed by atoms with Crippen molar-refractivity contribution < 1.29 is 0 Å². The fraction of sp³-hybridized carbons (Fsp3) is 0.800. The fourth-order valence-electron chi connectivity index (χ4n) is 1.64. The zero-order valence-corrected chi connectivity index (χ0v) is 8.29. The van der Waals surface area contributed by atoms with Crippen LogP contribution in [0.25, 0.3) is 0 Å². The van der Waals surface area contributed by atoms with Crippen molar-refractivity contribution in [2.45, 2.75) is 19.9 Å². The smallest absolute Gasteiger partial charge is 0.0248 e. The Hall–Kier alpha value is -0.340. The van der Waals surface area contributed by atoms with Crippen molar-refractivity contribution in [1.82, 2.24) is 9.80 Å². The van der Waals surface area contributed by atoms with Gasteiger partial charge in [-0.1, -0.05) is 13.0 Å². The number of hydrogen-bond acceptors (Lipinski definition) is 2. The molecular formula is C10H20N2. The molecule has 1 fully saturated rings. The molecule has 2 heteroatoms. The van der Waals surface area contributed by atoms with Crippen LogP contribution in [0.5, 0.6) is 0 Å². The van der Waals surface area contributed by atoms with Crippen LogP contribution in [0.2, 0.25) is 0 Å². The van der Waals surface area contributed by atoms with Gasteiger partial charge in [-0.25, -0.2) is 0 Å². The third kappa shape index (κ3) is 2.32. The van der Waals surface area contributed by atoms with Crippen LogP contribution in [0, 0.1) is 0 Å². The zero-order chi connectivity index (χ0) is 8.97. The van der Waals surface area contributed by atoms with Crippen LogP contribution >= 0.6 is 0 Å². The quantitative estimate of drug-likeness (QED) is 0.584. The molecule has 0 bridgehead atoms. The molecule has 0 amide bonds. The van der Waals surface area contributed by atoms with Crippen molar-refractivity contribution in [2.75, 3.05) is 32.7 Å². The number of likely N-dealkylation sites (N-methyl/N-ethyl adjacent to an activating group) is 1. The molecule has 1 unspecified atom stereocenters. The highest BCUT2D eigenvalue weighted by Crippen LogP contribution is 2.05. The monoisotopic (exact) mass is 168 g/mol. The van der Waals surface area contributed by atoms with Crippen LogP contribution in [0.4, 0.5) is 0 Å². The molecule has 2 nitrogen and oxygen atoms in total. The van der Waals surface area contributed by atoms with Gasteiger partial charge in [0.15, 0.2) is 0 Å². The van der Waals surface area contributed by atoms with Gasteiger partial charge >= 0.3 is 0 Å². The third-order valence-corrected chi connectivity index (χ3v) is 2.77. The third-order valence-electron chi connectivity index (χ3n) is 2.77. The maximum atomic E-state index is 3.82. The van der Waals surface area contributed by atoms with E-state index in [1.54, 1.807) is 0 Å².